The van der Waals surface area contributed by atoms with Crippen LogP contribution in [0.1, 0.15) is 42.7 Å². The van der Waals surface area contributed by atoms with E-state index in [9.17, 15) is 4.79 Å². The second-order valence-corrected chi connectivity index (χ2v) is 6.31. The van der Waals surface area contributed by atoms with E-state index in [0.29, 0.717) is 11.4 Å². The highest BCUT2D eigenvalue weighted by Gasteiger charge is 2.12. The van der Waals surface area contributed by atoms with Crippen molar-refractivity contribution in [3.8, 4) is 11.6 Å². The topological polar surface area (TPSA) is 69.0 Å². The molecule has 1 aromatic carbocycles. The number of rotatable bonds is 6. The molecule has 0 saturated carbocycles. The molecule has 6 nitrogen and oxygen atoms in total. The van der Waals surface area contributed by atoms with Gasteiger partial charge in [0.2, 0.25) is 0 Å². The van der Waals surface area contributed by atoms with E-state index in [2.05, 4.69) is 15.3 Å². The van der Waals surface area contributed by atoms with Crippen molar-refractivity contribution in [3.05, 3.63) is 72.4 Å². The average Bonchev–Trinajstić information content (AvgIpc) is 3.16. The van der Waals surface area contributed by atoms with Crippen molar-refractivity contribution in [2.24, 2.45) is 0 Å². The Morgan fingerprint density at radius 3 is 2.46 bits per heavy atom. The van der Waals surface area contributed by atoms with E-state index in [1.54, 1.807) is 41.6 Å². The van der Waals surface area contributed by atoms with E-state index in [4.69, 9.17) is 4.74 Å². The van der Waals surface area contributed by atoms with Crippen LogP contribution in [0.2, 0.25) is 0 Å². The fourth-order valence-corrected chi connectivity index (χ4v) is 2.54. The summed E-state index contributed by atoms with van der Waals surface area (Å²) < 4.78 is 7.42. The third-order valence-corrected chi connectivity index (χ3v) is 3.88. The number of carbonyl (C=O) groups excluding carboxylic acids is 1. The summed E-state index contributed by atoms with van der Waals surface area (Å²) in [6.07, 6.45) is 6.85. The van der Waals surface area contributed by atoms with Gasteiger partial charge in [0.1, 0.15) is 17.9 Å². The fraction of sp³-hybridized carbons (Fsp3) is 0.250. The predicted molar refractivity (Wildman–Crippen MR) is 99.4 cm³/mol. The van der Waals surface area contributed by atoms with E-state index in [0.717, 1.165) is 11.3 Å². The molecule has 0 fully saturated rings. The highest BCUT2D eigenvalue weighted by molar-refractivity contribution is 5.94. The molecule has 3 rings (SSSR count). The molecule has 1 unspecified atom stereocenters. The van der Waals surface area contributed by atoms with Crippen LogP contribution in [-0.2, 0) is 0 Å². The minimum Gasteiger partial charge on any atom is -0.491 e. The normalized spacial score (nSPS) is 12.0. The number of nitrogens with zero attached hydrogens (tertiary/aromatic N) is 3. The molecule has 0 radical (unpaired) electrons. The molecule has 1 atom stereocenters. The molecule has 0 aliphatic rings. The number of hydrogen-bond donors (Lipinski definition) is 1. The number of ether oxygens (including phenoxy) is 1. The van der Waals surface area contributed by atoms with Gasteiger partial charge in [0, 0.05) is 18.6 Å². The van der Waals surface area contributed by atoms with Crippen LogP contribution in [0, 0.1) is 0 Å². The standard InChI is InChI=1S/C20H22N4O2/c1-14(2)26-18-7-4-16(5-8-18)15(3)23-20(25)17-6-9-19(22-12-17)24-11-10-21-13-24/h4-15H,1-3H3,(H,23,25). The summed E-state index contributed by atoms with van der Waals surface area (Å²) in [7, 11) is 0. The maximum Gasteiger partial charge on any atom is 0.253 e. The van der Waals surface area contributed by atoms with Gasteiger partial charge in [-0.05, 0) is 50.6 Å². The lowest BCUT2D eigenvalue weighted by Crippen LogP contribution is -2.26. The second-order valence-electron chi connectivity index (χ2n) is 6.31. The fourth-order valence-electron chi connectivity index (χ4n) is 2.54. The number of imidazole rings is 1. The largest absolute Gasteiger partial charge is 0.491 e. The smallest absolute Gasteiger partial charge is 0.253 e. The molecule has 0 bridgehead atoms. The number of benzene rings is 1. The molecule has 0 saturated heterocycles. The van der Waals surface area contributed by atoms with Gasteiger partial charge in [-0.25, -0.2) is 9.97 Å². The summed E-state index contributed by atoms with van der Waals surface area (Å²) in [6.45, 7) is 5.93. The van der Waals surface area contributed by atoms with Crippen molar-refractivity contribution in [2.45, 2.75) is 32.9 Å². The van der Waals surface area contributed by atoms with Gasteiger partial charge in [-0.3, -0.25) is 9.36 Å². The molecule has 2 heterocycles. The third kappa shape index (κ3) is 4.27. The minimum atomic E-state index is -0.162. The molecule has 1 amide bonds. The van der Waals surface area contributed by atoms with E-state index in [-0.39, 0.29) is 18.1 Å². The Morgan fingerprint density at radius 2 is 1.88 bits per heavy atom. The van der Waals surface area contributed by atoms with E-state index < -0.39 is 0 Å². The first-order valence-corrected chi connectivity index (χ1v) is 8.55. The van der Waals surface area contributed by atoms with Gasteiger partial charge in [-0.1, -0.05) is 12.1 Å². The van der Waals surface area contributed by atoms with Crippen LogP contribution in [-0.4, -0.2) is 26.5 Å². The molecule has 0 aliphatic carbocycles. The average molecular weight is 350 g/mol. The maximum absolute atomic E-state index is 12.4. The van der Waals surface area contributed by atoms with Crippen molar-refractivity contribution in [2.75, 3.05) is 0 Å². The van der Waals surface area contributed by atoms with Gasteiger partial charge >= 0.3 is 0 Å². The summed E-state index contributed by atoms with van der Waals surface area (Å²) >= 11 is 0. The lowest BCUT2D eigenvalue weighted by atomic mass is 10.1. The Hall–Kier alpha value is -3.15. The SMILES string of the molecule is CC(C)Oc1ccc(C(C)NC(=O)c2ccc(-n3ccnc3)nc2)cc1. The first-order chi connectivity index (χ1) is 12.5. The third-order valence-electron chi connectivity index (χ3n) is 3.88. The number of hydrogen-bond acceptors (Lipinski definition) is 4. The monoisotopic (exact) mass is 350 g/mol. The van der Waals surface area contributed by atoms with E-state index >= 15 is 0 Å². The quantitative estimate of drug-likeness (QED) is 0.738. The Morgan fingerprint density at radius 1 is 1.12 bits per heavy atom. The van der Waals surface area contributed by atoms with Gasteiger partial charge in [-0.2, -0.15) is 0 Å². The van der Waals surface area contributed by atoms with Crippen molar-refractivity contribution in [1.82, 2.24) is 19.9 Å². The zero-order chi connectivity index (χ0) is 18.5. The molecule has 26 heavy (non-hydrogen) atoms. The summed E-state index contributed by atoms with van der Waals surface area (Å²) in [5.74, 6) is 1.37. The van der Waals surface area contributed by atoms with Crippen molar-refractivity contribution < 1.29 is 9.53 Å². The summed E-state index contributed by atoms with van der Waals surface area (Å²) in [5, 5.41) is 2.99. The zero-order valence-corrected chi connectivity index (χ0v) is 15.1. The molecule has 134 valence electrons. The van der Waals surface area contributed by atoms with Crippen LogP contribution in [0.5, 0.6) is 5.75 Å². The Labute approximate surface area is 152 Å². The first kappa shape index (κ1) is 17.7. The maximum atomic E-state index is 12.4. The van der Waals surface area contributed by atoms with Gasteiger partial charge in [0.05, 0.1) is 17.7 Å². The molecular formula is C20H22N4O2. The van der Waals surface area contributed by atoms with Crippen LogP contribution in [0.4, 0.5) is 0 Å². The van der Waals surface area contributed by atoms with Gasteiger partial charge in [0.15, 0.2) is 0 Å². The minimum absolute atomic E-state index is 0.121. The lowest BCUT2D eigenvalue weighted by molar-refractivity contribution is 0.0939. The Kier molecular flexibility index (Phi) is 5.31. The van der Waals surface area contributed by atoms with Crippen LogP contribution < -0.4 is 10.1 Å². The molecule has 0 spiro atoms. The van der Waals surface area contributed by atoms with Crippen molar-refractivity contribution in [1.29, 1.82) is 0 Å². The van der Waals surface area contributed by atoms with Crippen LogP contribution in [0.3, 0.4) is 0 Å². The van der Waals surface area contributed by atoms with Crippen molar-refractivity contribution >= 4 is 5.91 Å². The zero-order valence-electron chi connectivity index (χ0n) is 15.1. The highest BCUT2D eigenvalue weighted by atomic mass is 16.5. The summed E-state index contributed by atoms with van der Waals surface area (Å²) in [4.78, 5) is 20.7. The number of aromatic nitrogens is 3. The number of pyridine rings is 1. The predicted octanol–water partition coefficient (Wildman–Crippen LogP) is 3.55. The highest BCUT2D eigenvalue weighted by Crippen LogP contribution is 2.19. The number of amides is 1. The molecule has 2 aromatic heterocycles. The molecule has 3 aromatic rings. The van der Waals surface area contributed by atoms with Crippen LogP contribution in [0.15, 0.2) is 61.3 Å². The van der Waals surface area contributed by atoms with Crippen LogP contribution >= 0.6 is 0 Å². The number of nitrogens with one attached hydrogen (secondary N) is 1. The van der Waals surface area contributed by atoms with Crippen LogP contribution in [0.25, 0.3) is 5.82 Å². The second kappa shape index (κ2) is 7.82. The molecule has 1 N–H and O–H groups in total. The molecular weight excluding hydrogens is 328 g/mol. The first-order valence-electron chi connectivity index (χ1n) is 8.55. The summed E-state index contributed by atoms with van der Waals surface area (Å²) in [5.41, 5.74) is 1.53. The van der Waals surface area contributed by atoms with Gasteiger partial charge < -0.3 is 10.1 Å². The summed E-state index contributed by atoms with van der Waals surface area (Å²) in [6, 6.07) is 11.2. The van der Waals surface area contributed by atoms with Gasteiger partial charge in [0.25, 0.3) is 5.91 Å². The number of carbonyl (C=O) groups is 1. The van der Waals surface area contributed by atoms with E-state index in [1.807, 2.05) is 45.0 Å². The van der Waals surface area contributed by atoms with Crippen molar-refractivity contribution in [3.63, 3.8) is 0 Å². The Bertz CT molecular complexity index is 841. The lowest BCUT2D eigenvalue weighted by Gasteiger charge is -2.16. The molecule has 0 aliphatic heterocycles. The Balaban J connectivity index is 1.63. The molecule has 6 heteroatoms. The van der Waals surface area contributed by atoms with E-state index in [1.165, 1.54) is 0 Å². The van der Waals surface area contributed by atoms with Gasteiger partial charge in [-0.15, -0.1) is 0 Å².